The van der Waals surface area contributed by atoms with Crippen molar-refractivity contribution in [1.82, 2.24) is 5.32 Å². The third-order valence-electron chi connectivity index (χ3n) is 2.81. The van der Waals surface area contributed by atoms with Crippen molar-refractivity contribution in [2.24, 2.45) is 5.92 Å². The summed E-state index contributed by atoms with van der Waals surface area (Å²) in [6, 6.07) is 5.42. The Morgan fingerprint density at radius 3 is 2.71 bits per heavy atom. The first-order valence-electron chi connectivity index (χ1n) is 6.47. The van der Waals surface area contributed by atoms with Gasteiger partial charge in [0.25, 0.3) is 5.91 Å². The van der Waals surface area contributed by atoms with Gasteiger partial charge in [-0.25, -0.2) is 0 Å². The number of aliphatic carboxylic acids is 1. The third-order valence-corrected chi connectivity index (χ3v) is 3.92. The number of carboxylic acid groups (broad SMARTS) is 1. The quantitative estimate of drug-likeness (QED) is 0.630. The molecule has 0 aromatic heterocycles. The van der Waals surface area contributed by atoms with Crippen LogP contribution in [0.1, 0.15) is 19.8 Å². The molecule has 0 aliphatic heterocycles. The highest BCUT2D eigenvalue weighted by Crippen LogP contribution is 2.27. The number of halogens is 2. The van der Waals surface area contributed by atoms with Crippen LogP contribution in [0.3, 0.4) is 0 Å². The molecular formula is C14H17Br2NO4. The maximum atomic E-state index is 11.6. The average Bonchev–Trinajstić information content (AvgIpc) is 2.42. The fourth-order valence-electron chi connectivity index (χ4n) is 1.55. The fraction of sp³-hybridized carbons (Fsp3) is 0.429. The van der Waals surface area contributed by atoms with Gasteiger partial charge in [0.15, 0.2) is 6.61 Å². The Kier molecular flexibility index (Phi) is 7.74. The molecule has 7 heteroatoms. The van der Waals surface area contributed by atoms with Crippen LogP contribution < -0.4 is 10.1 Å². The van der Waals surface area contributed by atoms with E-state index in [0.717, 1.165) is 8.95 Å². The minimum absolute atomic E-state index is 0.0747. The van der Waals surface area contributed by atoms with E-state index in [1.54, 1.807) is 13.0 Å². The molecule has 5 nitrogen and oxygen atoms in total. The van der Waals surface area contributed by atoms with Crippen molar-refractivity contribution in [3.63, 3.8) is 0 Å². The van der Waals surface area contributed by atoms with Crippen molar-refractivity contribution in [1.29, 1.82) is 0 Å². The minimum atomic E-state index is -0.815. The molecule has 1 rings (SSSR count). The van der Waals surface area contributed by atoms with Crippen LogP contribution in [0, 0.1) is 5.92 Å². The van der Waals surface area contributed by atoms with Crippen LogP contribution in [0.25, 0.3) is 0 Å². The topological polar surface area (TPSA) is 75.6 Å². The summed E-state index contributed by atoms with van der Waals surface area (Å²) in [5.41, 5.74) is 0. The van der Waals surface area contributed by atoms with E-state index >= 15 is 0 Å². The predicted octanol–water partition coefficient (Wildman–Crippen LogP) is 3.21. The second-order valence-corrected chi connectivity index (χ2v) is 6.36. The first kappa shape index (κ1) is 18.0. The van der Waals surface area contributed by atoms with E-state index in [-0.39, 0.29) is 12.5 Å². The molecule has 0 spiro atoms. The maximum Gasteiger partial charge on any atom is 0.306 e. The minimum Gasteiger partial charge on any atom is -0.483 e. The summed E-state index contributed by atoms with van der Waals surface area (Å²) >= 11 is 6.68. The molecule has 0 fully saturated rings. The van der Waals surface area contributed by atoms with Crippen molar-refractivity contribution in [2.45, 2.75) is 19.8 Å². The van der Waals surface area contributed by atoms with Gasteiger partial charge in [0.1, 0.15) is 5.75 Å². The highest BCUT2D eigenvalue weighted by atomic mass is 79.9. The van der Waals surface area contributed by atoms with E-state index in [0.29, 0.717) is 25.1 Å². The predicted molar refractivity (Wildman–Crippen MR) is 86.4 cm³/mol. The maximum absolute atomic E-state index is 11.6. The number of carbonyl (C=O) groups is 2. The summed E-state index contributed by atoms with van der Waals surface area (Å²) < 4.78 is 7.08. The number of hydrogen-bond acceptors (Lipinski definition) is 3. The Morgan fingerprint density at radius 2 is 2.10 bits per heavy atom. The summed E-state index contributed by atoms with van der Waals surface area (Å²) in [5.74, 6) is -0.845. The third kappa shape index (κ3) is 6.95. The smallest absolute Gasteiger partial charge is 0.306 e. The van der Waals surface area contributed by atoms with Crippen molar-refractivity contribution in [2.75, 3.05) is 13.2 Å². The zero-order valence-electron chi connectivity index (χ0n) is 11.6. The SMILES string of the molecule is CC(CCCNC(=O)COc1ccc(Br)cc1Br)C(=O)O. The van der Waals surface area contributed by atoms with Crippen LogP contribution >= 0.6 is 31.9 Å². The molecule has 1 unspecified atom stereocenters. The lowest BCUT2D eigenvalue weighted by atomic mass is 10.1. The normalized spacial score (nSPS) is 11.8. The van der Waals surface area contributed by atoms with Gasteiger partial charge in [-0.15, -0.1) is 0 Å². The number of carboxylic acids is 1. The van der Waals surface area contributed by atoms with Crippen LogP contribution in [-0.4, -0.2) is 30.1 Å². The van der Waals surface area contributed by atoms with Crippen molar-refractivity contribution in [3.05, 3.63) is 27.1 Å². The Bertz CT molecular complexity index is 508. The van der Waals surface area contributed by atoms with E-state index in [2.05, 4.69) is 37.2 Å². The zero-order valence-corrected chi connectivity index (χ0v) is 14.7. The van der Waals surface area contributed by atoms with Crippen molar-refractivity contribution >= 4 is 43.7 Å². The van der Waals surface area contributed by atoms with Gasteiger partial charge in [-0.3, -0.25) is 9.59 Å². The number of nitrogens with one attached hydrogen (secondary N) is 1. The number of benzene rings is 1. The lowest BCUT2D eigenvalue weighted by Crippen LogP contribution is -2.30. The van der Waals surface area contributed by atoms with Crippen LogP contribution in [0.15, 0.2) is 27.1 Å². The summed E-state index contributed by atoms with van der Waals surface area (Å²) in [7, 11) is 0. The molecule has 0 saturated heterocycles. The van der Waals surface area contributed by atoms with Crippen LogP contribution in [0.4, 0.5) is 0 Å². The van der Waals surface area contributed by atoms with Gasteiger partial charge in [-0.05, 0) is 47.0 Å². The molecule has 21 heavy (non-hydrogen) atoms. The van der Waals surface area contributed by atoms with E-state index in [1.165, 1.54) is 0 Å². The molecule has 1 aromatic rings. The molecule has 0 aliphatic rings. The molecular weight excluding hydrogens is 406 g/mol. The molecule has 0 radical (unpaired) electrons. The van der Waals surface area contributed by atoms with Crippen molar-refractivity contribution in [3.8, 4) is 5.75 Å². The molecule has 2 N–H and O–H groups in total. The highest BCUT2D eigenvalue weighted by molar-refractivity contribution is 9.11. The van der Waals surface area contributed by atoms with Crippen molar-refractivity contribution < 1.29 is 19.4 Å². The van der Waals surface area contributed by atoms with Crippen LogP contribution in [-0.2, 0) is 9.59 Å². The Morgan fingerprint density at radius 1 is 1.38 bits per heavy atom. The van der Waals surface area contributed by atoms with Crippen LogP contribution in [0.2, 0.25) is 0 Å². The van der Waals surface area contributed by atoms with Gasteiger partial charge in [-0.2, -0.15) is 0 Å². The second-order valence-electron chi connectivity index (χ2n) is 4.59. The molecule has 0 saturated carbocycles. The zero-order chi connectivity index (χ0) is 15.8. The van der Waals surface area contributed by atoms with Gasteiger partial charge >= 0.3 is 5.97 Å². The first-order valence-corrected chi connectivity index (χ1v) is 8.06. The Balaban J connectivity index is 2.24. The van der Waals surface area contributed by atoms with E-state index in [9.17, 15) is 9.59 Å². The van der Waals surface area contributed by atoms with Gasteiger partial charge in [0.05, 0.1) is 10.4 Å². The van der Waals surface area contributed by atoms with Gasteiger partial charge in [0.2, 0.25) is 0 Å². The fourth-order valence-corrected chi connectivity index (χ4v) is 2.71. The highest BCUT2D eigenvalue weighted by Gasteiger charge is 2.10. The van der Waals surface area contributed by atoms with E-state index in [4.69, 9.17) is 9.84 Å². The van der Waals surface area contributed by atoms with Gasteiger partial charge in [-0.1, -0.05) is 22.9 Å². The lowest BCUT2D eigenvalue weighted by Gasteiger charge is -2.10. The van der Waals surface area contributed by atoms with Gasteiger partial charge in [0, 0.05) is 11.0 Å². The van der Waals surface area contributed by atoms with E-state index < -0.39 is 11.9 Å². The molecule has 0 aliphatic carbocycles. The molecule has 1 atom stereocenters. The summed E-state index contributed by atoms with van der Waals surface area (Å²) in [6.07, 6.45) is 1.16. The Labute approximate surface area is 140 Å². The number of hydrogen-bond donors (Lipinski definition) is 2. The number of carbonyl (C=O) groups excluding carboxylic acids is 1. The number of rotatable bonds is 8. The largest absolute Gasteiger partial charge is 0.483 e. The molecule has 0 heterocycles. The standard InChI is InChI=1S/C14H17Br2NO4/c1-9(14(19)20)3-2-6-17-13(18)8-21-12-5-4-10(15)7-11(12)16/h4-5,7,9H,2-3,6,8H2,1H3,(H,17,18)(H,19,20). The Hall–Kier alpha value is -1.08. The summed E-state index contributed by atoms with van der Waals surface area (Å²) in [6.45, 7) is 2.02. The average molecular weight is 423 g/mol. The molecule has 1 aromatic carbocycles. The van der Waals surface area contributed by atoms with Crippen LogP contribution in [0.5, 0.6) is 5.75 Å². The van der Waals surface area contributed by atoms with Gasteiger partial charge < -0.3 is 15.2 Å². The summed E-state index contributed by atoms with van der Waals surface area (Å²) in [4.78, 5) is 22.2. The number of ether oxygens (including phenoxy) is 1. The van der Waals surface area contributed by atoms with E-state index in [1.807, 2.05) is 12.1 Å². The lowest BCUT2D eigenvalue weighted by molar-refractivity contribution is -0.141. The monoisotopic (exact) mass is 421 g/mol. The second kappa shape index (κ2) is 9.04. The molecule has 0 bridgehead atoms. The number of amides is 1. The summed E-state index contributed by atoms with van der Waals surface area (Å²) in [5, 5.41) is 11.4. The molecule has 1 amide bonds. The molecule has 116 valence electrons. The first-order chi connectivity index (χ1) is 9.90.